The molecule has 30 heavy (non-hydrogen) atoms. The first-order chi connectivity index (χ1) is 14.3. The number of carbonyl (C=O) groups is 2. The van der Waals surface area contributed by atoms with E-state index < -0.39 is 11.8 Å². The molecular weight excluding hydrogens is 492 g/mol. The number of nitrogens with zero attached hydrogens (tertiary/aromatic N) is 1. The van der Waals surface area contributed by atoms with Gasteiger partial charge in [-0.1, -0.05) is 17.7 Å². The van der Waals surface area contributed by atoms with E-state index in [1.165, 1.54) is 11.0 Å². The third-order valence-electron chi connectivity index (χ3n) is 4.13. The second-order valence-corrected chi connectivity index (χ2v) is 7.80. The van der Waals surface area contributed by atoms with Crippen LogP contribution in [-0.2, 0) is 9.59 Å². The van der Waals surface area contributed by atoms with Gasteiger partial charge in [-0.05, 0) is 72.3 Å². The van der Waals surface area contributed by atoms with Gasteiger partial charge >= 0.3 is 0 Å². The van der Waals surface area contributed by atoms with E-state index in [9.17, 15) is 9.59 Å². The lowest BCUT2D eigenvalue weighted by molar-refractivity contribution is -0.122. The van der Waals surface area contributed by atoms with Crippen LogP contribution in [0.1, 0.15) is 19.4 Å². The van der Waals surface area contributed by atoms with E-state index in [1.54, 1.807) is 36.4 Å². The molecule has 2 amide bonds. The van der Waals surface area contributed by atoms with Crippen molar-refractivity contribution < 1.29 is 19.1 Å². The number of carbonyl (C=O) groups excluding carboxylic acids is 2. The third-order valence-corrected chi connectivity index (χ3v) is 5.27. The summed E-state index contributed by atoms with van der Waals surface area (Å²) in [5.74, 6) is -0.0573. The molecule has 0 saturated carbocycles. The third kappa shape index (κ3) is 4.66. The van der Waals surface area contributed by atoms with Crippen LogP contribution in [0, 0.1) is 0 Å². The zero-order valence-corrected chi connectivity index (χ0v) is 19.4. The van der Waals surface area contributed by atoms with Crippen LogP contribution < -0.4 is 19.7 Å². The van der Waals surface area contributed by atoms with E-state index in [0.717, 1.165) is 0 Å². The fourth-order valence-electron chi connectivity index (χ4n) is 2.87. The fraction of sp³-hybridized carbons (Fsp3) is 0.190. The van der Waals surface area contributed by atoms with E-state index in [4.69, 9.17) is 33.3 Å². The Hall–Kier alpha value is -2.42. The monoisotopic (exact) mass is 508 g/mol. The first kappa shape index (κ1) is 22.3. The largest absolute Gasteiger partial charge is 0.493 e. The molecular formula is C21H18BrClN2O4S. The molecule has 0 aliphatic carbocycles. The number of benzene rings is 2. The molecule has 156 valence electrons. The molecule has 0 radical (unpaired) electrons. The van der Waals surface area contributed by atoms with Gasteiger partial charge in [0.1, 0.15) is 17.1 Å². The van der Waals surface area contributed by atoms with Crippen molar-refractivity contribution in [2.75, 3.05) is 18.1 Å². The highest BCUT2D eigenvalue weighted by molar-refractivity contribution is 9.10. The molecule has 0 spiro atoms. The Morgan fingerprint density at radius 2 is 1.83 bits per heavy atom. The molecule has 2 aromatic rings. The minimum Gasteiger partial charge on any atom is -0.493 e. The maximum Gasteiger partial charge on any atom is 0.270 e. The zero-order chi connectivity index (χ0) is 21.8. The minimum absolute atomic E-state index is 0.0117. The molecule has 1 aliphatic heterocycles. The maximum absolute atomic E-state index is 13.2. The fourth-order valence-corrected chi connectivity index (χ4v) is 3.81. The summed E-state index contributed by atoms with van der Waals surface area (Å²) in [5, 5.41) is 2.99. The average Bonchev–Trinajstić information content (AvgIpc) is 2.68. The lowest BCUT2D eigenvalue weighted by atomic mass is 10.1. The Kier molecular flexibility index (Phi) is 7.12. The molecule has 3 rings (SSSR count). The predicted octanol–water partition coefficient (Wildman–Crippen LogP) is 4.73. The van der Waals surface area contributed by atoms with E-state index >= 15 is 0 Å². The van der Waals surface area contributed by atoms with Crippen LogP contribution in [-0.4, -0.2) is 30.1 Å². The minimum atomic E-state index is -0.587. The summed E-state index contributed by atoms with van der Waals surface area (Å²) in [6.45, 7) is 4.61. The standard InChI is InChI=1S/C21H18BrClN2O4S/c1-3-28-17-11-18(29-4-2)16(22)9-12(17)8-15-19(26)24-21(30)25(20(15)27)14-7-5-6-13(23)10-14/h5-11H,3-4H2,1-2H3,(H,24,26,30)/b15-8+. The second-order valence-electron chi connectivity index (χ2n) is 6.12. The summed E-state index contributed by atoms with van der Waals surface area (Å²) in [5.41, 5.74) is 0.923. The van der Waals surface area contributed by atoms with Crippen LogP contribution in [0.4, 0.5) is 5.69 Å². The number of amides is 2. The Morgan fingerprint density at radius 3 is 2.50 bits per heavy atom. The molecule has 0 aromatic heterocycles. The summed E-state index contributed by atoms with van der Waals surface area (Å²) in [7, 11) is 0. The summed E-state index contributed by atoms with van der Waals surface area (Å²) in [6.07, 6.45) is 1.47. The zero-order valence-electron chi connectivity index (χ0n) is 16.2. The molecule has 1 aliphatic rings. The van der Waals surface area contributed by atoms with Crippen molar-refractivity contribution in [3.8, 4) is 11.5 Å². The number of rotatable bonds is 6. The van der Waals surface area contributed by atoms with Gasteiger partial charge in [-0.15, -0.1) is 0 Å². The number of thiocarbonyl (C=S) groups is 1. The van der Waals surface area contributed by atoms with Crippen LogP contribution in [0.15, 0.2) is 46.4 Å². The second kappa shape index (κ2) is 9.59. The van der Waals surface area contributed by atoms with Gasteiger partial charge in [0, 0.05) is 16.7 Å². The van der Waals surface area contributed by atoms with E-state index in [2.05, 4.69) is 21.2 Å². The average molecular weight is 510 g/mol. The number of hydrogen-bond donors (Lipinski definition) is 1. The predicted molar refractivity (Wildman–Crippen MR) is 124 cm³/mol. The molecule has 1 fully saturated rings. The van der Waals surface area contributed by atoms with Gasteiger partial charge in [0.05, 0.1) is 23.4 Å². The van der Waals surface area contributed by atoms with Gasteiger partial charge < -0.3 is 9.47 Å². The quantitative estimate of drug-likeness (QED) is 0.346. The lowest BCUT2D eigenvalue weighted by Gasteiger charge is -2.29. The molecule has 1 N–H and O–H groups in total. The topological polar surface area (TPSA) is 67.9 Å². The van der Waals surface area contributed by atoms with Crippen molar-refractivity contribution in [3.63, 3.8) is 0 Å². The number of nitrogens with one attached hydrogen (secondary N) is 1. The van der Waals surface area contributed by atoms with Gasteiger partial charge in [-0.3, -0.25) is 19.8 Å². The molecule has 1 heterocycles. The SMILES string of the molecule is CCOc1cc(OCC)c(/C=C2\C(=O)NC(=S)N(c3cccc(Cl)c3)C2=O)cc1Br. The Bertz CT molecular complexity index is 1060. The van der Waals surface area contributed by atoms with Crippen LogP contribution in [0.3, 0.4) is 0 Å². The van der Waals surface area contributed by atoms with Gasteiger partial charge in [0.25, 0.3) is 11.8 Å². The van der Waals surface area contributed by atoms with Crippen molar-refractivity contribution >= 4 is 68.4 Å². The highest BCUT2D eigenvalue weighted by atomic mass is 79.9. The van der Waals surface area contributed by atoms with Gasteiger partial charge in [-0.2, -0.15) is 0 Å². The number of hydrogen-bond acceptors (Lipinski definition) is 5. The first-order valence-electron chi connectivity index (χ1n) is 9.11. The summed E-state index contributed by atoms with van der Waals surface area (Å²) < 4.78 is 11.9. The van der Waals surface area contributed by atoms with Gasteiger partial charge in [0.15, 0.2) is 5.11 Å². The van der Waals surface area contributed by atoms with Crippen molar-refractivity contribution in [1.29, 1.82) is 0 Å². The van der Waals surface area contributed by atoms with Gasteiger partial charge in [0.2, 0.25) is 0 Å². The summed E-state index contributed by atoms with van der Waals surface area (Å²) >= 11 is 14.7. The molecule has 0 bridgehead atoms. The molecule has 1 saturated heterocycles. The van der Waals surface area contributed by atoms with E-state index in [0.29, 0.717) is 45.5 Å². The van der Waals surface area contributed by atoms with Crippen molar-refractivity contribution in [3.05, 3.63) is 57.0 Å². The number of anilines is 1. The van der Waals surface area contributed by atoms with Crippen molar-refractivity contribution in [1.82, 2.24) is 5.32 Å². The van der Waals surface area contributed by atoms with Crippen molar-refractivity contribution in [2.24, 2.45) is 0 Å². The maximum atomic E-state index is 13.2. The van der Waals surface area contributed by atoms with E-state index in [1.807, 2.05) is 13.8 Å². The molecule has 9 heteroatoms. The van der Waals surface area contributed by atoms with E-state index in [-0.39, 0.29) is 10.7 Å². The lowest BCUT2D eigenvalue weighted by Crippen LogP contribution is -2.54. The summed E-state index contributed by atoms with van der Waals surface area (Å²) in [6, 6.07) is 10.1. The first-order valence-corrected chi connectivity index (χ1v) is 10.7. The Morgan fingerprint density at radius 1 is 1.13 bits per heavy atom. The highest BCUT2D eigenvalue weighted by Gasteiger charge is 2.34. The van der Waals surface area contributed by atoms with Crippen LogP contribution in [0.25, 0.3) is 6.08 Å². The van der Waals surface area contributed by atoms with Crippen LogP contribution in [0.5, 0.6) is 11.5 Å². The van der Waals surface area contributed by atoms with Gasteiger partial charge in [-0.25, -0.2) is 0 Å². The Labute approximate surface area is 192 Å². The van der Waals surface area contributed by atoms with Crippen LogP contribution >= 0.6 is 39.7 Å². The molecule has 0 unspecified atom stereocenters. The Balaban J connectivity index is 2.07. The number of halogens is 2. The normalized spacial score (nSPS) is 15.4. The van der Waals surface area contributed by atoms with Crippen molar-refractivity contribution in [2.45, 2.75) is 13.8 Å². The summed E-state index contributed by atoms with van der Waals surface area (Å²) in [4.78, 5) is 27.0. The molecule has 0 atom stereocenters. The molecule has 2 aromatic carbocycles. The van der Waals surface area contributed by atoms with Crippen LogP contribution in [0.2, 0.25) is 5.02 Å². The highest BCUT2D eigenvalue weighted by Crippen LogP contribution is 2.35. The number of ether oxygens (including phenoxy) is 2. The molecule has 6 nitrogen and oxygen atoms in total. The smallest absolute Gasteiger partial charge is 0.270 e.